The van der Waals surface area contributed by atoms with E-state index in [2.05, 4.69) is 0 Å². The molecule has 0 amide bonds. The molecule has 0 aliphatic carbocycles. The molecule has 0 aromatic heterocycles. The molecule has 7 heteroatoms. The van der Waals surface area contributed by atoms with E-state index in [1.54, 1.807) is 27.7 Å². The molecule has 0 aromatic rings. The van der Waals surface area contributed by atoms with Crippen LogP contribution in [0.5, 0.6) is 0 Å². The van der Waals surface area contributed by atoms with Crippen molar-refractivity contribution in [2.24, 2.45) is 0 Å². The van der Waals surface area contributed by atoms with E-state index in [1.165, 1.54) is 0 Å². The minimum Gasteiger partial charge on any atom is -0.855 e. The van der Waals surface area contributed by atoms with Crippen molar-refractivity contribution in [1.82, 2.24) is 4.90 Å². The average molecular weight is 450 g/mol. The molecule has 0 atom stereocenters. The fourth-order valence-electron chi connectivity index (χ4n) is 0.200. The maximum absolute atomic E-state index is 8.93. The minimum absolute atomic E-state index is 0. The van der Waals surface area contributed by atoms with Crippen LogP contribution in [0.4, 0.5) is 0 Å². The van der Waals surface area contributed by atoms with Gasteiger partial charge in [-0.05, 0) is 14.1 Å². The maximum Gasteiger partial charge on any atom is 0.0558 e. The smallest absolute Gasteiger partial charge is 0.0558 e. The number of nitrogens with zero attached hydrogens (tertiary/aromatic N) is 1. The first-order chi connectivity index (χ1) is 8.43. The van der Waals surface area contributed by atoms with Crippen LogP contribution in [-0.2, 0) is 22.4 Å². The van der Waals surface area contributed by atoms with Crippen LogP contribution < -0.4 is 20.4 Å². The van der Waals surface area contributed by atoms with Crippen molar-refractivity contribution in [3.63, 3.8) is 0 Å². The summed E-state index contributed by atoms with van der Waals surface area (Å²) in [5, 5.41) is 43.9. The molecule has 6 nitrogen and oxygen atoms in total. The molecule has 0 fully saturated rings. The molecule has 0 saturated carbocycles. The van der Waals surface area contributed by atoms with Crippen molar-refractivity contribution in [2.45, 2.75) is 27.7 Å². The standard InChI is InChI=1S/C4H11NO.4C2H5O.Ta/c1-5(2)3-4-6;4*1-2-3;/h6H,3-4H2,1-2H3;4*2H2,1H3;/q;4*-1;. The van der Waals surface area contributed by atoms with Crippen molar-refractivity contribution in [3.05, 3.63) is 0 Å². The van der Waals surface area contributed by atoms with E-state index >= 15 is 0 Å². The Labute approximate surface area is 134 Å². The topological polar surface area (TPSA) is 116 Å². The predicted molar refractivity (Wildman–Crippen MR) is 67.8 cm³/mol. The minimum atomic E-state index is 0. The largest absolute Gasteiger partial charge is 0.855 e. The SMILES string of the molecule is CC[O-].CC[O-].CC[O-].CC[O-].CN(C)CCO.[Ta]. The zero-order chi connectivity index (χ0) is 15.8. The predicted octanol–water partition coefficient (Wildman–Crippen LogP) is -3.00. The van der Waals surface area contributed by atoms with Gasteiger partial charge in [-0.15, -0.1) is 26.4 Å². The maximum atomic E-state index is 8.93. The third-order valence-corrected chi connectivity index (χ3v) is 0.547. The normalized spacial score (nSPS) is 6.95. The van der Waals surface area contributed by atoms with Gasteiger partial charge < -0.3 is 30.4 Å². The Morgan fingerprint density at radius 3 is 0.895 bits per heavy atom. The quantitative estimate of drug-likeness (QED) is 0.480. The van der Waals surface area contributed by atoms with Gasteiger partial charge in [0.1, 0.15) is 0 Å². The molecule has 0 bridgehead atoms. The third kappa shape index (κ3) is 411. The molecule has 0 rings (SSSR count). The molecule has 19 heavy (non-hydrogen) atoms. The van der Waals surface area contributed by atoms with E-state index in [4.69, 9.17) is 25.5 Å². The number of hydrogen-bond donors (Lipinski definition) is 1. The first-order valence-electron chi connectivity index (χ1n) is 6.01. The van der Waals surface area contributed by atoms with Crippen molar-refractivity contribution in [1.29, 1.82) is 0 Å². The summed E-state index contributed by atoms with van der Waals surface area (Å²) in [6.07, 6.45) is 0. The summed E-state index contributed by atoms with van der Waals surface area (Å²) >= 11 is 0. The Kier molecular flexibility index (Phi) is 121. The number of rotatable bonds is 2. The summed E-state index contributed by atoms with van der Waals surface area (Å²) in [7, 11) is 3.85. The molecule has 123 valence electrons. The van der Waals surface area contributed by atoms with Crippen molar-refractivity contribution in [2.75, 3.05) is 53.7 Å². The fraction of sp³-hybridized carbons (Fsp3) is 1.00. The van der Waals surface area contributed by atoms with Crippen LogP contribution in [0, 0.1) is 0 Å². The zero-order valence-corrected chi connectivity index (χ0v) is 16.4. The van der Waals surface area contributed by atoms with E-state index in [9.17, 15) is 0 Å². The van der Waals surface area contributed by atoms with Crippen LogP contribution in [-0.4, -0.2) is 63.7 Å². The van der Waals surface area contributed by atoms with Crippen molar-refractivity contribution in [3.8, 4) is 0 Å². The van der Waals surface area contributed by atoms with Gasteiger partial charge in [-0.2, -0.15) is 0 Å². The van der Waals surface area contributed by atoms with Gasteiger partial charge in [0, 0.05) is 28.9 Å². The van der Waals surface area contributed by atoms with Crippen LogP contribution in [0.15, 0.2) is 0 Å². The monoisotopic (exact) mass is 450 g/mol. The first kappa shape index (κ1) is 36.6. The molecule has 0 spiro atoms. The summed E-state index contributed by atoms with van der Waals surface area (Å²) in [5.74, 6) is 0. The van der Waals surface area contributed by atoms with Crippen molar-refractivity contribution < 1.29 is 47.9 Å². The molecule has 0 unspecified atom stereocenters. The fourth-order valence-corrected chi connectivity index (χ4v) is 0.200. The number of aliphatic hydroxyl groups is 1. The van der Waals surface area contributed by atoms with E-state index in [0.29, 0.717) is 0 Å². The molecule has 0 saturated heterocycles. The van der Waals surface area contributed by atoms with Gasteiger partial charge >= 0.3 is 0 Å². The van der Waals surface area contributed by atoms with Crippen LogP contribution in [0.3, 0.4) is 0 Å². The second-order valence-electron chi connectivity index (χ2n) is 2.68. The van der Waals surface area contributed by atoms with Crippen LogP contribution in [0.2, 0.25) is 0 Å². The average Bonchev–Trinajstić information content (AvgIpc) is 2.21. The Morgan fingerprint density at radius 1 is 0.737 bits per heavy atom. The second kappa shape index (κ2) is 62.8. The summed E-state index contributed by atoms with van der Waals surface area (Å²) in [5.41, 5.74) is 0. The van der Waals surface area contributed by atoms with E-state index in [-0.39, 0.29) is 55.4 Å². The summed E-state index contributed by atoms with van der Waals surface area (Å²) in [6, 6.07) is 0. The van der Waals surface area contributed by atoms with Gasteiger partial charge in [-0.1, -0.05) is 27.7 Å². The zero-order valence-electron chi connectivity index (χ0n) is 13.2. The van der Waals surface area contributed by atoms with E-state index in [0.717, 1.165) is 6.54 Å². The second-order valence-corrected chi connectivity index (χ2v) is 2.68. The molecule has 1 N–H and O–H groups in total. The molecular weight excluding hydrogens is 419 g/mol. The van der Waals surface area contributed by atoms with Gasteiger partial charge in [0.15, 0.2) is 0 Å². The molecule has 0 aliphatic heterocycles. The summed E-state index contributed by atoms with van der Waals surface area (Å²) in [4.78, 5) is 1.93. The van der Waals surface area contributed by atoms with Gasteiger partial charge in [0.05, 0.1) is 6.61 Å². The number of hydrogen-bond acceptors (Lipinski definition) is 6. The molecule has 0 aliphatic rings. The van der Waals surface area contributed by atoms with Crippen LogP contribution >= 0.6 is 0 Å². The summed E-state index contributed by atoms with van der Waals surface area (Å²) in [6.45, 7) is 7.30. The van der Waals surface area contributed by atoms with Crippen LogP contribution in [0.25, 0.3) is 0 Å². The molecular formula is C12H31NO5Ta-4. The van der Waals surface area contributed by atoms with E-state index in [1.807, 2.05) is 19.0 Å². The van der Waals surface area contributed by atoms with Gasteiger partial charge in [-0.3, -0.25) is 0 Å². The first-order valence-corrected chi connectivity index (χ1v) is 6.01. The molecule has 0 heterocycles. The van der Waals surface area contributed by atoms with Crippen LogP contribution in [0.1, 0.15) is 27.7 Å². The Balaban J connectivity index is -0.0000000287. The Hall–Kier alpha value is 0.500. The van der Waals surface area contributed by atoms with Gasteiger partial charge in [0.25, 0.3) is 0 Å². The van der Waals surface area contributed by atoms with Gasteiger partial charge in [0.2, 0.25) is 0 Å². The Bertz CT molecular complexity index is 73.1. The van der Waals surface area contributed by atoms with Crippen molar-refractivity contribution >= 4 is 0 Å². The summed E-state index contributed by atoms with van der Waals surface area (Å²) < 4.78 is 0. The number of aliphatic hydroxyl groups excluding tert-OH is 1. The number of likely N-dealkylation sites (N-methyl/N-ethyl adjacent to an activating group) is 1. The third-order valence-electron chi connectivity index (χ3n) is 0.547. The Morgan fingerprint density at radius 2 is 0.895 bits per heavy atom. The van der Waals surface area contributed by atoms with Gasteiger partial charge in [-0.25, -0.2) is 0 Å². The molecule has 1 radical (unpaired) electrons. The van der Waals surface area contributed by atoms with E-state index < -0.39 is 0 Å². The molecule has 0 aromatic carbocycles.